The van der Waals surface area contributed by atoms with E-state index in [0.29, 0.717) is 5.75 Å². The number of imidazole rings is 1. The summed E-state index contributed by atoms with van der Waals surface area (Å²) < 4.78 is 7.35. The predicted molar refractivity (Wildman–Crippen MR) is 88.2 cm³/mol. The van der Waals surface area contributed by atoms with Gasteiger partial charge in [-0.05, 0) is 42.5 Å². The Bertz CT molecular complexity index is 1000. The van der Waals surface area contributed by atoms with Crippen molar-refractivity contribution in [2.75, 3.05) is 0 Å². The molecule has 112 valence electrons. The van der Waals surface area contributed by atoms with Crippen molar-refractivity contribution in [2.24, 2.45) is 0 Å². The number of hydrogen-bond acceptors (Lipinski definition) is 3. The number of pyridine rings is 1. The van der Waals surface area contributed by atoms with Crippen LogP contribution in [0, 0.1) is 0 Å². The van der Waals surface area contributed by atoms with Crippen LogP contribution in [0.3, 0.4) is 0 Å². The van der Waals surface area contributed by atoms with Crippen molar-refractivity contribution in [1.82, 2.24) is 14.5 Å². The second kappa shape index (κ2) is 5.46. The van der Waals surface area contributed by atoms with E-state index in [2.05, 4.69) is 9.97 Å². The van der Waals surface area contributed by atoms with E-state index in [-0.39, 0.29) is 5.69 Å². The zero-order valence-corrected chi connectivity index (χ0v) is 12.1. The molecule has 5 nitrogen and oxygen atoms in total. The van der Waals surface area contributed by atoms with Crippen LogP contribution in [0.25, 0.3) is 16.7 Å². The van der Waals surface area contributed by atoms with E-state index in [1.54, 1.807) is 23.0 Å². The first-order valence-corrected chi connectivity index (χ1v) is 7.19. The Morgan fingerprint density at radius 3 is 2.43 bits per heavy atom. The van der Waals surface area contributed by atoms with E-state index in [9.17, 15) is 4.79 Å². The summed E-state index contributed by atoms with van der Waals surface area (Å²) >= 11 is 0. The molecular weight excluding hydrogens is 290 g/mol. The molecule has 0 fully saturated rings. The van der Waals surface area contributed by atoms with Crippen LogP contribution in [0.4, 0.5) is 0 Å². The third-order valence-electron chi connectivity index (χ3n) is 3.56. The molecule has 0 spiro atoms. The molecule has 2 aromatic carbocycles. The number of aromatic amines is 1. The second-order valence-electron chi connectivity index (χ2n) is 5.07. The number of para-hydroxylation sites is 1. The second-order valence-corrected chi connectivity index (χ2v) is 5.07. The number of nitrogens with one attached hydrogen (secondary N) is 1. The van der Waals surface area contributed by atoms with Gasteiger partial charge in [-0.2, -0.15) is 0 Å². The van der Waals surface area contributed by atoms with Crippen LogP contribution in [-0.4, -0.2) is 14.5 Å². The Balaban J connectivity index is 1.70. The van der Waals surface area contributed by atoms with Crippen molar-refractivity contribution in [1.29, 1.82) is 0 Å². The lowest BCUT2D eigenvalue weighted by atomic mass is 10.3. The van der Waals surface area contributed by atoms with Gasteiger partial charge < -0.3 is 9.72 Å². The van der Waals surface area contributed by atoms with Gasteiger partial charge in [0.1, 0.15) is 11.5 Å². The summed E-state index contributed by atoms with van der Waals surface area (Å²) in [5.74, 6) is 1.49. The lowest BCUT2D eigenvalue weighted by Crippen LogP contribution is -2.14. The van der Waals surface area contributed by atoms with Gasteiger partial charge in [-0.25, -0.2) is 4.79 Å². The summed E-state index contributed by atoms with van der Waals surface area (Å²) in [5.41, 5.74) is 2.07. The lowest BCUT2D eigenvalue weighted by Gasteiger charge is -2.07. The molecule has 0 aliphatic rings. The van der Waals surface area contributed by atoms with Gasteiger partial charge in [0.15, 0.2) is 0 Å². The zero-order valence-electron chi connectivity index (χ0n) is 12.1. The highest BCUT2D eigenvalue weighted by atomic mass is 16.5. The van der Waals surface area contributed by atoms with Crippen LogP contribution in [0.2, 0.25) is 0 Å². The number of H-pyrrole nitrogens is 1. The molecule has 4 rings (SSSR count). The van der Waals surface area contributed by atoms with Crippen molar-refractivity contribution >= 4 is 11.0 Å². The number of hydrogen-bond donors (Lipinski definition) is 1. The molecule has 0 amide bonds. The summed E-state index contributed by atoms with van der Waals surface area (Å²) in [6, 6.07) is 18.7. The first kappa shape index (κ1) is 13.3. The van der Waals surface area contributed by atoms with Gasteiger partial charge in [0.25, 0.3) is 0 Å². The van der Waals surface area contributed by atoms with Crippen molar-refractivity contribution in [2.45, 2.75) is 0 Å². The van der Waals surface area contributed by atoms with Crippen LogP contribution in [0.5, 0.6) is 11.5 Å². The lowest BCUT2D eigenvalue weighted by molar-refractivity contribution is 0.482. The summed E-state index contributed by atoms with van der Waals surface area (Å²) in [7, 11) is 0. The number of rotatable bonds is 3. The normalized spacial score (nSPS) is 10.8. The van der Waals surface area contributed by atoms with E-state index < -0.39 is 0 Å². The molecule has 5 heteroatoms. The Morgan fingerprint density at radius 1 is 0.913 bits per heavy atom. The minimum Gasteiger partial charge on any atom is -0.457 e. The minimum absolute atomic E-state index is 0.190. The summed E-state index contributed by atoms with van der Waals surface area (Å²) in [4.78, 5) is 19.1. The molecule has 0 saturated carbocycles. The third kappa shape index (κ3) is 2.48. The summed E-state index contributed by atoms with van der Waals surface area (Å²) in [6.45, 7) is 0. The number of benzene rings is 2. The first-order chi connectivity index (χ1) is 11.3. The molecule has 23 heavy (non-hydrogen) atoms. The summed E-state index contributed by atoms with van der Waals surface area (Å²) in [6.07, 6.45) is 3.32. The zero-order chi connectivity index (χ0) is 15.6. The highest BCUT2D eigenvalue weighted by Crippen LogP contribution is 2.23. The number of nitrogens with zero attached hydrogens (tertiary/aromatic N) is 2. The Kier molecular flexibility index (Phi) is 3.16. The summed E-state index contributed by atoms with van der Waals surface area (Å²) in [5, 5.41) is 0. The van der Waals surface area contributed by atoms with Crippen molar-refractivity contribution < 1.29 is 4.74 Å². The molecule has 4 aromatic rings. The maximum Gasteiger partial charge on any atom is 0.331 e. The fraction of sp³-hybridized carbons (Fsp3) is 0. The maximum absolute atomic E-state index is 12.2. The van der Waals surface area contributed by atoms with Crippen LogP contribution in [-0.2, 0) is 0 Å². The van der Waals surface area contributed by atoms with E-state index in [4.69, 9.17) is 4.74 Å². The van der Waals surface area contributed by atoms with Crippen molar-refractivity contribution in [3.8, 4) is 17.2 Å². The monoisotopic (exact) mass is 303 g/mol. The van der Waals surface area contributed by atoms with E-state index >= 15 is 0 Å². The van der Waals surface area contributed by atoms with E-state index in [1.165, 1.54) is 0 Å². The topological polar surface area (TPSA) is 59.9 Å². The number of ether oxygens (including phenoxy) is 1. The largest absolute Gasteiger partial charge is 0.457 e. The molecule has 0 radical (unpaired) electrons. The predicted octanol–water partition coefficient (Wildman–Crippen LogP) is 3.51. The van der Waals surface area contributed by atoms with Crippen LogP contribution < -0.4 is 10.4 Å². The fourth-order valence-electron chi connectivity index (χ4n) is 2.49. The Morgan fingerprint density at radius 2 is 1.65 bits per heavy atom. The first-order valence-electron chi connectivity index (χ1n) is 7.19. The smallest absolute Gasteiger partial charge is 0.331 e. The standard InChI is InChI=1S/C18H13N3O2/c22-18-20-16-10-11-19-12-17(16)21(18)13-6-8-15(9-7-13)23-14-4-2-1-3-5-14/h1-12H,(H,20,22). The van der Waals surface area contributed by atoms with Gasteiger partial charge in [0, 0.05) is 6.20 Å². The molecule has 0 aliphatic heterocycles. The Hall–Kier alpha value is -3.34. The number of aromatic nitrogens is 3. The third-order valence-corrected chi connectivity index (χ3v) is 3.56. The highest BCUT2D eigenvalue weighted by Gasteiger charge is 2.08. The maximum atomic E-state index is 12.2. The molecule has 2 aromatic heterocycles. The van der Waals surface area contributed by atoms with Gasteiger partial charge in [0.05, 0.1) is 22.9 Å². The highest BCUT2D eigenvalue weighted by molar-refractivity contribution is 5.76. The van der Waals surface area contributed by atoms with Crippen molar-refractivity contribution in [3.05, 3.63) is 83.5 Å². The molecule has 0 atom stereocenters. The van der Waals surface area contributed by atoms with Crippen LogP contribution in [0.1, 0.15) is 0 Å². The van der Waals surface area contributed by atoms with E-state index in [1.807, 2.05) is 54.6 Å². The van der Waals surface area contributed by atoms with Gasteiger partial charge in [-0.3, -0.25) is 9.55 Å². The molecule has 1 N–H and O–H groups in total. The van der Waals surface area contributed by atoms with Gasteiger partial charge in [-0.15, -0.1) is 0 Å². The molecule has 0 aliphatic carbocycles. The molecular formula is C18H13N3O2. The molecule has 0 unspecified atom stereocenters. The van der Waals surface area contributed by atoms with Crippen molar-refractivity contribution in [3.63, 3.8) is 0 Å². The molecule has 0 bridgehead atoms. The molecule has 2 heterocycles. The van der Waals surface area contributed by atoms with Gasteiger partial charge in [-0.1, -0.05) is 18.2 Å². The SMILES string of the molecule is O=c1[nH]c2ccncc2n1-c1ccc(Oc2ccccc2)cc1. The quantitative estimate of drug-likeness (QED) is 0.630. The molecule has 0 saturated heterocycles. The van der Waals surface area contributed by atoms with Gasteiger partial charge in [0.2, 0.25) is 0 Å². The average molecular weight is 303 g/mol. The number of fused-ring (bicyclic) bond motifs is 1. The van der Waals surface area contributed by atoms with E-state index in [0.717, 1.165) is 22.5 Å². The Labute approximate surface area is 131 Å². The minimum atomic E-state index is -0.190. The van der Waals surface area contributed by atoms with Gasteiger partial charge >= 0.3 is 5.69 Å². The van der Waals surface area contributed by atoms with Crippen LogP contribution >= 0.6 is 0 Å². The average Bonchev–Trinajstić information content (AvgIpc) is 2.92. The van der Waals surface area contributed by atoms with Crippen LogP contribution in [0.15, 0.2) is 77.9 Å². The fourth-order valence-corrected chi connectivity index (χ4v) is 2.49.